The summed E-state index contributed by atoms with van der Waals surface area (Å²) >= 11 is 0. The minimum Gasteiger partial charge on any atom is -0.357 e. The summed E-state index contributed by atoms with van der Waals surface area (Å²) in [6, 6.07) is 13.2. The molecule has 6 heteroatoms. The monoisotopic (exact) mass is 352 g/mol. The second-order valence-corrected chi connectivity index (χ2v) is 6.74. The van der Waals surface area contributed by atoms with Gasteiger partial charge in [0.05, 0.1) is 12.2 Å². The van der Waals surface area contributed by atoms with Gasteiger partial charge in [-0.3, -0.25) is 4.79 Å². The van der Waals surface area contributed by atoms with E-state index in [1.165, 1.54) is 12.3 Å². The van der Waals surface area contributed by atoms with Gasteiger partial charge in [0.1, 0.15) is 11.6 Å². The van der Waals surface area contributed by atoms with E-state index in [4.69, 9.17) is 0 Å². The lowest BCUT2D eigenvalue weighted by molar-refractivity contribution is -0.138. The van der Waals surface area contributed by atoms with E-state index in [1.54, 1.807) is 11.1 Å². The topological polar surface area (TPSA) is 48.8 Å². The highest BCUT2D eigenvalue weighted by Gasteiger charge is 2.34. The predicted molar refractivity (Wildman–Crippen MR) is 98.3 cm³/mol. The molecule has 2 aliphatic rings. The van der Waals surface area contributed by atoms with Crippen LogP contribution in [0.4, 0.5) is 10.2 Å². The molecule has 1 saturated heterocycles. The fourth-order valence-electron chi connectivity index (χ4n) is 3.68. The van der Waals surface area contributed by atoms with Crippen molar-refractivity contribution in [1.82, 2.24) is 9.99 Å². The lowest BCUT2D eigenvalue weighted by atomic mass is 9.94. The van der Waals surface area contributed by atoms with Gasteiger partial charge in [0.15, 0.2) is 0 Å². The molecule has 1 amide bonds. The Kier molecular flexibility index (Phi) is 4.65. The predicted octanol–water partition coefficient (Wildman–Crippen LogP) is 3.40. The molecule has 1 aromatic carbocycles. The van der Waals surface area contributed by atoms with Crippen molar-refractivity contribution in [3.8, 4) is 0 Å². The molecule has 1 unspecified atom stereocenters. The normalized spacial score (nSPS) is 20.6. The van der Waals surface area contributed by atoms with Crippen LogP contribution in [0.2, 0.25) is 0 Å². The summed E-state index contributed by atoms with van der Waals surface area (Å²) in [4.78, 5) is 19.2. The Balaban J connectivity index is 1.40. The average molecular weight is 352 g/mol. The number of halogens is 1. The van der Waals surface area contributed by atoms with Crippen molar-refractivity contribution >= 4 is 17.9 Å². The van der Waals surface area contributed by atoms with E-state index in [1.807, 2.05) is 36.5 Å². The van der Waals surface area contributed by atoms with Crippen molar-refractivity contribution in [1.29, 1.82) is 0 Å². The fraction of sp³-hybridized carbons (Fsp3) is 0.350. The molecule has 26 heavy (non-hydrogen) atoms. The van der Waals surface area contributed by atoms with E-state index < -0.39 is 0 Å². The number of aromatic nitrogens is 1. The van der Waals surface area contributed by atoms with Crippen LogP contribution in [-0.2, 0) is 4.79 Å². The van der Waals surface area contributed by atoms with Crippen molar-refractivity contribution < 1.29 is 9.18 Å². The molecule has 1 fully saturated rings. The van der Waals surface area contributed by atoms with Gasteiger partial charge in [-0.25, -0.2) is 14.4 Å². The van der Waals surface area contributed by atoms with Gasteiger partial charge in [0, 0.05) is 31.6 Å². The highest BCUT2D eigenvalue weighted by atomic mass is 19.1. The SMILES string of the molecule is O=C(C1CCN(c2ccc(F)cn2)CC1)N1N=CCC1c1ccccc1. The lowest BCUT2D eigenvalue weighted by Crippen LogP contribution is -2.41. The minimum atomic E-state index is -0.335. The van der Waals surface area contributed by atoms with Crippen LogP contribution in [0, 0.1) is 11.7 Å². The van der Waals surface area contributed by atoms with E-state index in [0.717, 1.165) is 43.7 Å². The van der Waals surface area contributed by atoms with E-state index in [-0.39, 0.29) is 23.7 Å². The Bertz CT molecular complexity index is 785. The third-order valence-electron chi connectivity index (χ3n) is 5.12. The Morgan fingerprint density at radius 1 is 1.08 bits per heavy atom. The molecule has 0 radical (unpaired) electrons. The van der Waals surface area contributed by atoms with E-state index >= 15 is 0 Å². The summed E-state index contributed by atoms with van der Waals surface area (Å²) in [6.07, 6.45) is 5.33. The number of hydrogen-bond acceptors (Lipinski definition) is 4. The maximum Gasteiger partial charge on any atom is 0.246 e. The second kappa shape index (κ2) is 7.23. The van der Waals surface area contributed by atoms with Gasteiger partial charge in [0.2, 0.25) is 5.91 Å². The van der Waals surface area contributed by atoms with Crippen LogP contribution in [-0.4, -0.2) is 35.2 Å². The summed E-state index contributed by atoms with van der Waals surface area (Å²) in [5, 5.41) is 6.01. The first kappa shape index (κ1) is 16.7. The zero-order valence-corrected chi connectivity index (χ0v) is 14.5. The molecule has 0 N–H and O–H groups in total. The number of carbonyl (C=O) groups excluding carboxylic acids is 1. The standard InChI is InChI=1S/C20H21FN4O/c21-17-6-7-19(22-14-17)24-12-9-16(10-13-24)20(26)25-18(8-11-23-25)15-4-2-1-3-5-15/h1-7,11,14,16,18H,8-10,12-13H2. The largest absolute Gasteiger partial charge is 0.357 e. The molecule has 0 saturated carbocycles. The minimum absolute atomic E-state index is 0.000458. The summed E-state index contributed by atoms with van der Waals surface area (Å²) in [7, 11) is 0. The molecule has 1 atom stereocenters. The van der Waals surface area contributed by atoms with Crippen LogP contribution in [0.1, 0.15) is 30.9 Å². The first-order valence-corrected chi connectivity index (χ1v) is 8.99. The van der Waals surface area contributed by atoms with Gasteiger partial charge < -0.3 is 4.90 Å². The van der Waals surface area contributed by atoms with E-state index in [2.05, 4.69) is 15.0 Å². The number of piperidine rings is 1. The first-order valence-electron chi connectivity index (χ1n) is 8.99. The van der Waals surface area contributed by atoms with Crippen LogP contribution < -0.4 is 4.90 Å². The molecule has 5 nitrogen and oxygen atoms in total. The summed E-state index contributed by atoms with van der Waals surface area (Å²) in [6.45, 7) is 1.48. The van der Waals surface area contributed by atoms with Gasteiger partial charge in [-0.05, 0) is 30.5 Å². The molecule has 1 aromatic heterocycles. The molecular weight excluding hydrogens is 331 g/mol. The number of anilines is 1. The molecule has 2 aromatic rings. The molecule has 0 spiro atoms. The van der Waals surface area contributed by atoms with Gasteiger partial charge in [0.25, 0.3) is 0 Å². The first-order chi connectivity index (χ1) is 12.7. The highest BCUT2D eigenvalue weighted by molar-refractivity contribution is 5.82. The number of benzene rings is 1. The van der Waals surface area contributed by atoms with Gasteiger partial charge >= 0.3 is 0 Å². The van der Waals surface area contributed by atoms with Crippen molar-refractivity contribution in [2.75, 3.05) is 18.0 Å². The summed E-state index contributed by atoms with van der Waals surface area (Å²) in [5.41, 5.74) is 1.12. The number of nitrogens with zero attached hydrogens (tertiary/aromatic N) is 4. The highest BCUT2D eigenvalue weighted by Crippen LogP contribution is 2.32. The maximum absolute atomic E-state index is 13.0. The van der Waals surface area contributed by atoms with Crippen LogP contribution in [0.3, 0.4) is 0 Å². The molecule has 0 aliphatic carbocycles. The van der Waals surface area contributed by atoms with E-state index in [9.17, 15) is 9.18 Å². The number of hydrogen-bond donors (Lipinski definition) is 0. The van der Waals surface area contributed by atoms with Gasteiger partial charge in [-0.1, -0.05) is 30.3 Å². The Hall–Kier alpha value is -2.76. The van der Waals surface area contributed by atoms with Crippen LogP contribution in [0.15, 0.2) is 53.8 Å². The van der Waals surface area contributed by atoms with Crippen molar-refractivity contribution in [2.45, 2.75) is 25.3 Å². The zero-order valence-electron chi connectivity index (χ0n) is 14.5. The van der Waals surface area contributed by atoms with Crippen molar-refractivity contribution in [3.63, 3.8) is 0 Å². The number of pyridine rings is 1. The van der Waals surface area contributed by atoms with Crippen LogP contribution >= 0.6 is 0 Å². The van der Waals surface area contributed by atoms with Crippen LogP contribution in [0.25, 0.3) is 0 Å². The molecule has 2 aliphatic heterocycles. The van der Waals surface area contributed by atoms with Gasteiger partial charge in [-0.2, -0.15) is 5.10 Å². The summed E-state index contributed by atoms with van der Waals surface area (Å²) < 4.78 is 13.0. The lowest BCUT2D eigenvalue weighted by Gasteiger charge is -2.34. The van der Waals surface area contributed by atoms with Gasteiger partial charge in [-0.15, -0.1) is 0 Å². The zero-order chi connectivity index (χ0) is 17.9. The Labute approximate surface area is 152 Å². The van der Waals surface area contributed by atoms with Crippen LogP contribution in [0.5, 0.6) is 0 Å². The fourth-order valence-corrected chi connectivity index (χ4v) is 3.68. The smallest absolute Gasteiger partial charge is 0.246 e. The molecular formula is C20H21FN4O. The molecule has 4 rings (SSSR count). The maximum atomic E-state index is 13.0. The van der Waals surface area contributed by atoms with E-state index in [0.29, 0.717) is 0 Å². The number of amides is 1. The molecule has 134 valence electrons. The van der Waals surface area contributed by atoms with Crippen molar-refractivity contribution in [2.24, 2.45) is 11.0 Å². The number of hydrazone groups is 1. The second-order valence-electron chi connectivity index (χ2n) is 6.74. The Morgan fingerprint density at radius 3 is 2.54 bits per heavy atom. The molecule has 0 bridgehead atoms. The molecule has 3 heterocycles. The quantitative estimate of drug-likeness (QED) is 0.851. The third kappa shape index (κ3) is 3.31. The summed E-state index contributed by atoms with van der Waals surface area (Å²) in [5.74, 6) is 0.490. The number of carbonyl (C=O) groups is 1. The average Bonchev–Trinajstić information content (AvgIpc) is 3.19. The Morgan fingerprint density at radius 2 is 1.85 bits per heavy atom. The third-order valence-corrected chi connectivity index (χ3v) is 5.12. The van der Waals surface area contributed by atoms with Crippen molar-refractivity contribution in [3.05, 3.63) is 60.0 Å². The number of rotatable bonds is 3.